The van der Waals surface area contributed by atoms with Crippen molar-refractivity contribution >= 4 is 17.3 Å². The largest absolute Gasteiger partial charge is 0.390 e. The summed E-state index contributed by atoms with van der Waals surface area (Å²) in [7, 11) is 0. The van der Waals surface area contributed by atoms with E-state index in [1.807, 2.05) is 13.8 Å². The molecule has 6 atom stereocenters. The number of ether oxygens (including phenoxy) is 1. The van der Waals surface area contributed by atoms with Crippen LogP contribution < -0.4 is 0 Å². The van der Waals surface area contributed by atoms with Crippen molar-refractivity contribution < 1.29 is 24.2 Å². The molecule has 0 aromatic carbocycles. The van der Waals surface area contributed by atoms with E-state index < -0.39 is 22.7 Å². The molecule has 0 aromatic rings. The zero-order chi connectivity index (χ0) is 19.1. The first-order chi connectivity index (χ1) is 12.1. The fourth-order valence-electron chi connectivity index (χ4n) is 5.56. The van der Waals surface area contributed by atoms with Crippen molar-refractivity contribution in [3.63, 3.8) is 0 Å². The molecule has 26 heavy (non-hydrogen) atoms. The van der Waals surface area contributed by atoms with Crippen molar-refractivity contribution in [1.29, 1.82) is 0 Å². The summed E-state index contributed by atoms with van der Waals surface area (Å²) in [6.07, 6.45) is 6.18. The summed E-state index contributed by atoms with van der Waals surface area (Å²) in [5.74, 6) is -1.44. The molecule has 4 aliphatic rings. The Labute approximate surface area is 152 Å². The number of carbonyl (C=O) groups excluding carboxylic acids is 3. The van der Waals surface area contributed by atoms with Gasteiger partial charge in [0.1, 0.15) is 6.10 Å². The Hall–Kier alpha value is -1.85. The number of fused-ring (bicyclic) bond motifs is 2. The summed E-state index contributed by atoms with van der Waals surface area (Å²) in [4.78, 5) is 39.2. The van der Waals surface area contributed by atoms with Crippen LogP contribution in [0, 0.1) is 17.3 Å². The van der Waals surface area contributed by atoms with Crippen molar-refractivity contribution in [3.8, 4) is 0 Å². The minimum absolute atomic E-state index is 0.173. The maximum atomic E-state index is 13.5. The molecule has 1 unspecified atom stereocenters. The lowest BCUT2D eigenvalue weighted by Crippen LogP contribution is -2.62. The number of aliphatic hydroxyl groups is 1. The minimum Gasteiger partial charge on any atom is -0.390 e. The predicted molar refractivity (Wildman–Crippen MR) is 94.2 cm³/mol. The highest BCUT2D eigenvalue weighted by molar-refractivity contribution is 6.23. The summed E-state index contributed by atoms with van der Waals surface area (Å²) >= 11 is 0. The van der Waals surface area contributed by atoms with Crippen LogP contribution in [0.3, 0.4) is 0 Å². The fraction of sp³-hybridized carbons (Fsp3) is 0.571. The molecule has 1 saturated carbocycles. The molecular formula is C21H24O5. The van der Waals surface area contributed by atoms with Crippen molar-refractivity contribution in [2.24, 2.45) is 17.3 Å². The molecule has 5 nitrogen and oxygen atoms in total. The van der Waals surface area contributed by atoms with E-state index in [1.54, 1.807) is 26.0 Å². The third-order valence-electron chi connectivity index (χ3n) is 6.87. The number of allylic oxidation sites excluding steroid dienone is 2. The van der Waals surface area contributed by atoms with Crippen LogP contribution >= 0.6 is 0 Å². The van der Waals surface area contributed by atoms with E-state index in [2.05, 4.69) is 0 Å². The Kier molecular flexibility index (Phi) is 3.45. The normalized spacial score (nSPS) is 46.6. The van der Waals surface area contributed by atoms with E-state index in [1.165, 1.54) is 12.2 Å². The molecule has 1 spiro atoms. The summed E-state index contributed by atoms with van der Waals surface area (Å²) < 4.78 is 6.14. The van der Waals surface area contributed by atoms with Gasteiger partial charge in [0.2, 0.25) is 0 Å². The Balaban J connectivity index is 2.01. The second-order valence-electron chi connectivity index (χ2n) is 8.70. The van der Waals surface area contributed by atoms with Crippen LogP contribution in [-0.4, -0.2) is 39.8 Å². The Morgan fingerprint density at radius 2 is 1.92 bits per heavy atom. The third kappa shape index (κ3) is 1.85. The zero-order valence-corrected chi connectivity index (χ0v) is 15.5. The molecule has 0 bridgehead atoms. The predicted octanol–water partition coefficient (Wildman–Crippen LogP) is 2.09. The molecule has 0 radical (unpaired) electrons. The van der Waals surface area contributed by atoms with Gasteiger partial charge in [0.25, 0.3) is 0 Å². The van der Waals surface area contributed by atoms with Gasteiger partial charge in [0.15, 0.2) is 23.0 Å². The van der Waals surface area contributed by atoms with E-state index in [9.17, 15) is 19.5 Å². The standard InChI is InChI=1S/C21H24O5/c1-11(2)9-16-18(24)20(4)12-7-8-19(3,25)13(12)10-14-15(22)5-6-17(23)21(14,20)26-16/h5-6,9-10,12-13,16,25H,7-8H2,1-4H3/t12-,13+,16+,19-,20?,21+/m0/s1. The molecular weight excluding hydrogens is 332 g/mol. The van der Waals surface area contributed by atoms with Gasteiger partial charge in [-0.25, -0.2) is 0 Å². The molecule has 0 aromatic heterocycles. The highest BCUT2D eigenvalue weighted by atomic mass is 16.5. The molecule has 0 amide bonds. The van der Waals surface area contributed by atoms with Gasteiger partial charge >= 0.3 is 0 Å². The smallest absolute Gasteiger partial charge is 0.193 e. The van der Waals surface area contributed by atoms with E-state index in [4.69, 9.17) is 4.74 Å². The van der Waals surface area contributed by atoms with Crippen LogP contribution in [0.1, 0.15) is 40.5 Å². The summed E-state index contributed by atoms with van der Waals surface area (Å²) in [6, 6.07) is 0. The monoisotopic (exact) mass is 356 g/mol. The van der Waals surface area contributed by atoms with Crippen molar-refractivity contribution in [2.45, 2.75) is 57.8 Å². The van der Waals surface area contributed by atoms with E-state index in [0.29, 0.717) is 12.8 Å². The van der Waals surface area contributed by atoms with E-state index >= 15 is 0 Å². The Morgan fingerprint density at radius 1 is 1.23 bits per heavy atom. The van der Waals surface area contributed by atoms with Crippen LogP contribution in [0.4, 0.5) is 0 Å². The van der Waals surface area contributed by atoms with Gasteiger partial charge in [-0.15, -0.1) is 0 Å². The van der Waals surface area contributed by atoms with Crippen LogP contribution in [0.2, 0.25) is 0 Å². The maximum Gasteiger partial charge on any atom is 0.193 e. The lowest BCUT2D eigenvalue weighted by molar-refractivity contribution is -0.153. The van der Waals surface area contributed by atoms with Gasteiger partial charge < -0.3 is 9.84 Å². The highest BCUT2D eigenvalue weighted by Gasteiger charge is 2.75. The van der Waals surface area contributed by atoms with Gasteiger partial charge in [-0.2, -0.15) is 0 Å². The van der Waals surface area contributed by atoms with Gasteiger partial charge in [-0.1, -0.05) is 11.6 Å². The van der Waals surface area contributed by atoms with E-state index in [-0.39, 0.29) is 34.8 Å². The average molecular weight is 356 g/mol. The van der Waals surface area contributed by atoms with Crippen LogP contribution in [0.25, 0.3) is 0 Å². The first kappa shape index (κ1) is 17.6. The molecule has 138 valence electrons. The zero-order valence-electron chi connectivity index (χ0n) is 15.5. The lowest BCUT2D eigenvalue weighted by Gasteiger charge is -2.50. The fourth-order valence-corrected chi connectivity index (χ4v) is 5.56. The van der Waals surface area contributed by atoms with Gasteiger partial charge in [0, 0.05) is 11.5 Å². The maximum absolute atomic E-state index is 13.5. The Morgan fingerprint density at radius 3 is 2.58 bits per heavy atom. The molecule has 2 fully saturated rings. The SMILES string of the molecule is CC(C)=C[C@H]1O[C@@]23C(=O)C=CC(=O)C2=C[C@@H]2[C@H](CC[C@]2(C)O)C3(C)C1=O. The molecule has 1 N–H and O–H groups in total. The summed E-state index contributed by atoms with van der Waals surface area (Å²) in [6.45, 7) is 7.23. The Bertz CT molecular complexity index is 825. The van der Waals surface area contributed by atoms with Crippen LogP contribution in [0.5, 0.6) is 0 Å². The van der Waals surface area contributed by atoms with Crippen molar-refractivity contribution in [2.75, 3.05) is 0 Å². The lowest BCUT2D eigenvalue weighted by atomic mass is 9.51. The topological polar surface area (TPSA) is 80.7 Å². The molecule has 4 rings (SSSR count). The molecule has 1 heterocycles. The molecule has 3 aliphatic carbocycles. The minimum atomic E-state index is -1.58. The first-order valence-electron chi connectivity index (χ1n) is 9.14. The van der Waals surface area contributed by atoms with Crippen LogP contribution in [0.15, 0.2) is 35.5 Å². The second kappa shape index (κ2) is 5.11. The van der Waals surface area contributed by atoms with Gasteiger partial charge in [-0.05, 0) is 64.7 Å². The number of rotatable bonds is 1. The van der Waals surface area contributed by atoms with E-state index in [0.717, 1.165) is 5.57 Å². The molecule has 1 aliphatic heterocycles. The number of ketones is 3. The number of hydrogen-bond acceptors (Lipinski definition) is 5. The summed E-state index contributed by atoms with van der Waals surface area (Å²) in [5.41, 5.74) is -2.63. The van der Waals surface area contributed by atoms with Crippen LogP contribution in [-0.2, 0) is 19.1 Å². The quantitative estimate of drug-likeness (QED) is 0.728. The third-order valence-corrected chi connectivity index (χ3v) is 6.87. The van der Waals surface area contributed by atoms with Crippen molar-refractivity contribution in [3.05, 3.63) is 35.5 Å². The molecule has 5 heteroatoms. The molecule has 1 saturated heterocycles. The number of hydrogen-bond donors (Lipinski definition) is 1. The number of carbonyl (C=O) groups is 3. The highest BCUT2D eigenvalue weighted by Crippen LogP contribution is 2.64. The second-order valence-corrected chi connectivity index (χ2v) is 8.70. The average Bonchev–Trinajstić information content (AvgIpc) is 2.97. The van der Waals surface area contributed by atoms with Gasteiger partial charge in [-0.3, -0.25) is 14.4 Å². The van der Waals surface area contributed by atoms with Gasteiger partial charge in [0.05, 0.1) is 11.0 Å². The summed E-state index contributed by atoms with van der Waals surface area (Å²) in [5, 5.41) is 10.8. The van der Waals surface area contributed by atoms with Crippen molar-refractivity contribution in [1.82, 2.24) is 0 Å². The first-order valence-corrected chi connectivity index (χ1v) is 9.14. The number of Topliss-reactive ketones (excluding diaryl/α,β-unsaturated/α-hetero) is 1.